The summed E-state index contributed by atoms with van der Waals surface area (Å²) in [5.41, 5.74) is 0. The van der Waals surface area contributed by atoms with Crippen molar-refractivity contribution in [1.82, 2.24) is 4.90 Å². The summed E-state index contributed by atoms with van der Waals surface area (Å²) in [5, 5.41) is 19.6. The van der Waals surface area contributed by atoms with Crippen molar-refractivity contribution in [2.75, 3.05) is 12.3 Å². The predicted molar refractivity (Wildman–Crippen MR) is 80.9 cm³/mol. The minimum absolute atomic E-state index is 0.0383. The Morgan fingerprint density at radius 1 is 1.38 bits per heavy atom. The van der Waals surface area contributed by atoms with Crippen molar-refractivity contribution in [3.63, 3.8) is 0 Å². The van der Waals surface area contributed by atoms with Gasteiger partial charge in [0.25, 0.3) is 0 Å². The van der Waals surface area contributed by atoms with Crippen LogP contribution >= 0.6 is 35.0 Å². The number of rotatable bonds is 4. The van der Waals surface area contributed by atoms with Gasteiger partial charge >= 0.3 is 5.97 Å². The number of halogens is 2. The first-order valence-electron chi connectivity index (χ1n) is 6.16. The molecule has 1 heterocycles. The highest BCUT2D eigenvalue weighted by molar-refractivity contribution is 8.00. The Morgan fingerprint density at radius 3 is 2.76 bits per heavy atom. The summed E-state index contributed by atoms with van der Waals surface area (Å²) < 4.78 is 0. The number of benzene rings is 1. The van der Waals surface area contributed by atoms with E-state index in [-0.39, 0.29) is 24.6 Å². The molecule has 2 N–H and O–H groups in total. The molecule has 0 spiro atoms. The highest BCUT2D eigenvalue weighted by Crippen LogP contribution is 2.30. The molecule has 1 aromatic carbocycles. The number of aliphatic carboxylic acids is 1. The molecule has 1 fully saturated rings. The van der Waals surface area contributed by atoms with Crippen LogP contribution in [0.1, 0.15) is 6.42 Å². The van der Waals surface area contributed by atoms with Gasteiger partial charge in [0, 0.05) is 22.9 Å². The second-order valence-electron chi connectivity index (χ2n) is 4.65. The normalized spacial score (nSPS) is 21.6. The summed E-state index contributed by atoms with van der Waals surface area (Å²) in [5.74, 6) is -1.41. The van der Waals surface area contributed by atoms with Crippen LogP contribution in [0.25, 0.3) is 0 Å². The monoisotopic (exact) mass is 349 g/mol. The number of aliphatic hydroxyl groups is 1. The number of carboxylic acid groups (broad SMARTS) is 1. The lowest BCUT2D eigenvalue weighted by Crippen LogP contribution is -2.41. The number of β-amino-alcohol motifs (C(OH)–C–C–N with tert-alkyl or cyclic N) is 1. The van der Waals surface area contributed by atoms with Crippen LogP contribution in [0.4, 0.5) is 0 Å². The maximum atomic E-state index is 12.1. The van der Waals surface area contributed by atoms with Gasteiger partial charge < -0.3 is 15.1 Å². The zero-order chi connectivity index (χ0) is 15.6. The molecule has 2 rings (SSSR count). The van der Waals surface area contributed by atoms with Crippen LogP contribution in [0.2, 0.25) is 10.0 Å². The first-order chi connectivity index (χ1) is 9.88. The molecule has 0 bridgehead atoms. The van der Waals surface area contributed by atoms with Gasteiger partial charge in [-0.2, -0.15) is 0 Å². The second kappa shape index (κ2) is 6.87. The van der Waals surface area contributed by atoms with Crippen molar-refractivity contribution in [1.29, 1.82) is 0 Å². The minimum Gasteiger partial charge on any atom is -0.480 e. The van der Waals surface area contributed by atoms with E-state index in [0.29, 0.717) is 14.9 Å². The Hall–Kier alpha value is -0.950. The van der Waals surface area contributed by atoms with E-state index in [1.807, 2.05) is 0 Å². The fraction of sp³-hybridized carbons (Fsp3) is 0.385. The van der Waals surface area contributed by atoms with Gasteiger partial charge in [0.15, 0.2) is 0 Å². The molecule has 5 nitrogen and oxygen atoms in total. The third-order valence-corrected chi connectivity index (χ3v) is 4.85. The fourth-order valence-corrected chi connectivity index (χ4v) is 3.51. The number of hydrogen-bond donors (Lipinski definition) is 2. The number of thioether (sulfide) groups is 1. The van der Waals surface area contributed by atoms with Crippen LogP contribution in [0.3, 0.4) is 0 Å². The van der Waals surface area contributed by atoms with Crippen molar-refractivity contribution in [2.24, 2.45) is 0 Å². The zero-order valence-corrected chi connectivity index (χ0v) is 13.2. The first kappa shape index (κ1) is 16.4. The van der Waals surface area contributed by atoms with E-state index in [9.17, 15) is 14.7 Å². The largest absolute Gasteiger partial charge is 0.480 e. The van der Waals surface area contributed by atoms with Crippen molar-refractivity contribution < 1.29 is 19.8 Å². The average Bonchev–Trinajstić information content (AvgIpc) is 2.82. The number of carbonyl (C=O) groups is 2. The molecule has 2 atom stereocenters. The number of hydrogen-bond acceptors (Lipinski definition) is 4. The summed E-state index contributed by atoms with van der Waals surface area (Å²) in [7, 11) is 0. The van der Waals surface area contributed by atoms with Crippen LogP contribution in [0.5, 0.6) is 0 Å². The fourth-order valence-electron chi connectivity index (χ4n) is 2.13. The molecule has 0 aromatic heterocycles. The van der Waals surface area contributed by atoms with Crippen molar-refractivity contribution in [2.45, 2.75) is 23.5 Å². The van der Waals surface area contributed by atoms with E-state index < -0.39 is 18.1 Å². The molecule has 1 saturated heterocycles. The number of amides is 1. The number of aliphatic hydroxyl groups excluding tert-OH is 1. The van der Waals surface area contributed by atoms with E-state index in [4.69, 9.17) is 28.3 Å². The Kier molecular flexibility index (Phi) is 5.37. The van der Waals surface area contributed by atoms with Gasteiger partial charge in [0.05, 0.1) is 16.9 Å². The molecule has 1 unspecified atom stereocenters. The Labute approximate surface area is 135 Å². The Morgan fingerprint density at radius 2 is 2.10 bits per heavy atom. The molecular weight excluding hydrogens is 337 g/mol. The van der Waals surface area contributed by atoms with E-state index in [1.54, 1.807) is 18.2 Å². The molecule has 0 radical (unpaired) electrons. The van der Waals surface area contributed by atoms with Crippen molar-refractivity contribution in [3.05, 3.63) is 28.2 Å². The van der Waals surface area contributed by atoms with E-state index in [0.717, 1.165) is 0 Å². The quantitative estimate of drug-likeness (QED) is 0.814. The standard InChI is InChI=1S/C13H13Cl2NO4S/c14-7-1-2-9(15)11(3-7)21-6-12(18)16-5-8(17)4-10(16)13(19)20/h1-3,8,10,17H,4-6H2,(H,19,20)/t8?,10-/m0/s1. The summed E-state index contributed by atoms with van der Waals surface area (Å²) in [6.45, 7) is 0.0413. The van der Waals surface area contributed by atoms with Crippen molar-refractivity contribution >= 4 is 46.8 Å². The van der Waals surface area contributed by atoms with Crippen molar-refractivity contribution in [3.8, 4) is 0 Å². The summed E-state index contributed by atoms with van der Waals surface area (Å²) in [6.07, 6.45) is -0.737. The van der Waals surface area contributed by atoms with Crippen LogP contribution in [0.15, 0.2) is 23.1 Å². The van der Waals surface area contributed by atoms with Gasteiger partial charge in [0.1, 0.15) is 6.04 Å². The maximum absolute atomic E-state index is 12.1. The second-order valence-corrected chi connectivity index (χ2v) is 6.51. The minimum atomic E-state index is -1.11. The molecule has 1 aliphatic rings. The number of nitrogens with zero attached hydrogens (tertiary/aromatic N) is 1. The third kappa shape index (κ3) is 4.03. The summed E-state index contributed by atoms with van der Waals surface area (Å²) >= 11 is 13.1. The van der Waals surface area contributed by atoms with Gasteiger partial charge in [-0.1, -0.05) is 23.2 Å². The number of likely N-dealkylation sites (tertiary alicyclic amines) is 1. The molecule has 1 amide bonds. The average molecular weight is 350 g/mol. The van der Waals surface area contributed by atoms with E-state index in [2.05, 4.69) is 0 Å². The molecule has 8 heteroatoms. The molecule has 0 saturated carbocycles. The lowest BCUT2D eigenvalue weighted by atomic mass is 10.2. The lowest BCUT2D eigenvalue weighted by molar-refractivity contribution is -0.147. The van der Waals surface area contributed by atoms with Crippen LogP contribution in [-0.4, -0.2) is 51.4 Å². The van der Waals surface area contributed by atoms with Gasteiger partial charge in [-0.15, -0.1) is 11.8 Å². The predicted octanol–water partition coefficient (Wildman–Crippen LogP) is 2.13. The van der Waals surface area contributed by atoms with Crippen LogP contribution in [-0.2, 0) is 9.59 Å². The SMILES string of the molecule is O=C(O)[C@@H]1CC(O)CN1C(=O)CSc1cc(Cl)ccc1Cl. The van der Waals surface area contributed by atoms with Crippen LogP contribution in [0, 0.1) is 0 Å². The highest BCUT2D eigenvalue weighted by Gasteiger charge is 2.38. The van der Waals surface area contributed by atoms with Crippen LogP contribution < -0.4 is 0 Å². The Bertz CT molecular complexity index is 569. The molecule has 114 valence electrons. The molecule has 0 aliphatic carbocycles. The molecule has 1 aromatic rings. The maximum Gasteiger partial charge on any atom is 0.326 e. The van der Waals surface area contributed by atoms with E-state index in [1.165, 1.54) is 16.7 Å². The lowest BCUT2D eigenvalue weighted by Gasteiger charge is -2.21. The first-order valence-corrected chi connectivity index (χ1v) is 7.91. The molecule has 1 aliphatic heterocycles. The molecular formula is C13H13Cl2NO4S. The van der Waals surface area contributed by atoms with Gasteiger partial charge in [-0.25, -0.2) is 4.79 Å². The molecule has 21 heavy (non-hydrogen) atoms. The number of carbonyl (C=O) groups excluding carboxylic acids is 1. The summed E-state index contributed by atoms with van der Waals surface area (Å²) in [4.78, 5) is 25.1. The third-order valence-electron chi connectivity index (χ3n) is 3.13. The highest BCUT2D eigenvalue weighted by atomic mass is 35.5. The van der Waals surface area contributed by atoms with Gasteiger partial charge in [-0.3, -0.25) is 4.79 Å². The summed E-state index contributed by atoms with van der Waals surface area (Å²) in [6, 6.07) is 3.96. The zero-order valence-electron chi connectivity index (χ0n) is 10.8. The number of carboxylic acids is 1. The van der Waals surface area contributed by atoms with E-state index >= 15 is 0 Å². The topological polar surface area (TPSA) is 77.8 Å². The smallest absolute Gasteiger partial charge is 0.326 e. The van der Waals surface area contributed by atoms with Gasteiger partial charge in [0.2, 0.25) is 5.91 Å². The Balaban J connectivity index is 2.01. The van der Waals surface area contributed by atoms with Gasteiger partial charge in [-0.05, 0) is 18.2 Å².